The van der Waals surface area contributed by atoms with E-state index in [-0.39, 0.29) is 16.9 Å². The van der Waals surface area contributed by atoms with Gasteiger partial charge in [-0.05, 0) is 26.7 Å². The minimum Gasteiger partial charge on any atom is -0.382 e. The lowest BCUT2D eigenvalue weighted by Crippen LogP contribution is -2.36. The van der Waals surface area contributed by atoms with Crippen LogP contribution in [0.2, 0.25) is 0 Å². The first-order valence-electron chi connectivity index (χ1n) is 7.97. The number of sulfone groups is 1. The minimum absolute atomic E-state index is 0.00640. The van der Waals surface area contributed by atoms with Crippen LogP contribution in [0.25, 0.3) is 0 Å². The highest BCUT2D eigenvalue weighted by molar-refractivity contribution is 7.91. The Kier molecular flexibility index (Phi) is 8.18. The first-order chi connectivity index (χ1) is 11.0. The van der Waals surface area contributed by atoms with Crippen LogP contribution in [0.4, 0.5) is 4.79 Å². The van der Waals surface area contributed by atoms with Gasteiger partial charge in [0.2, 0.25) is 9.84 Å². The molecule has 0 radical (unpaired) electrons. The minimum atomic E-state index is -3.53. The van der Waals surface area contributed by atoms with Gasteiger partial charge in [-0.2, -0.15) is 4.68 Å². The summed E-state index contributed by atoms with van der Waals surface area (Å²) in [5.41, 5.74) is 0. The summed E-state index contributed by atoms with van der Waals surface area (Å²) in [6.07, 6.45) is 3.18. The SMILES string of the molecule is CCCCS(=O)(=O)c1ncn(C(=O)N(CC)CCCOCC)n1. The zero-order valence-electron chi connectivity index (χ0n) is 14.1. The molecule has 1 aromatic heterocycles. The fourth-order valence-electron chi connectivity index (χ4n) is 1.94. The van der Waals surface area contributed by atoms with Gasteiger partial charge in [0.15, 0.2) is 0 Å². The molecule has 0 aliphatic heterocycles. The summed E-state index contributed by atoms with van der Waals surface area (Å²) in [5, 5.41) is 3.56. The fourth-order valence-corrected chi connectivity index (χ4v) is 3.22. The van der Waals surface area contributed by atoms with Crippen LogP contribution in [0.5, 0.6) is 0 Å². The number of aromatic nitrogens is 3. The topological polar surface area (TPSA) is 94.4 Å². The van der Waals surface area contributed by atoms with Crippen molar-refractivity contribution < 1.29 is 17.9 Å². The lowest BCUT2D eigenvalue weighted by molar-refractivity contribution is 0.134. The number of hydrogen-bond acceptors (Lipinski definition) is 6. The van der Waals surface area contributed by atoms with E-state index in [1.807, 2.05) is 20.8 Å². The average Bonchev–Trinajstić information content (AvgIpc) is 3.03. The van der Waals surface area contributed by atoms with Gasteiger partial charge in [-0.15, -0.1) is 5.10 Å². The smallest absolute Gasteiger partial charge is 0.346 e. The molecular weight excluding hydrogens is 320 g/mol. The van der Waals surface area contributed by atoms with Gasteiger partial charge >= 0.3 is 6.03 Å². The Labute approximate surface area is 137 Å². The van der Waals surface area contributed by atoms with Crippen LogP contribution in [0.15, 0.2) is 11.5 Å². The molecule has 8 nitrogen and oxygen atoms in total. The van der Waals surface area contributed by atoms with Crippen LogP contribution < -0.4 is 0 Å². The van der Waals surface area contributed by atoms with E-state index < -0.39 is 9.84 Å². The molecule has 0 N–H and O–H groups in total. The molecule has 23 heavy (non-hydrogen) atoms. The number of amides is 1. The van der Waals surface area contributed by atoms with Gasteiger partial charge < -0.3 is 9.64 Å². The Morgan fingerprint density at radius 2 is 2.04 bits per heavy atom. The highest BCUT2D eigenvalue weighted by Crippen LogP contribution is 2.07. The Morgan fingerprint density at radius 3 is 2.65 bits per heavy atom. The normalized spacial score (nSPS) is 11.6. The number of carbonyl (C=O) groups excluding carboxylic acids is 1. The molecule has 1 aromatic rings. The van der Waals surface area contributed by atoms with Crippen molar-refractivity contribution in [1.82, 2.24) is 19.7 Å². The van der Waals surface area contributed by atoms with Crippen molar-refractivity contribution in [3.8, 4) is 0 Å². The van der Waals surface area contributed by atoms with Gasteiger partial charge in [-0.3, -0.25) is 0 Å². The molecule has 0 atom stereocenters. The second kappa shape index (κ2) is 9.61. The van der Waals surface area contributed by atoms with Crippen molar-refractivity contribution in [3.05, 3.63) is 6.33 Å². The van der Waals surface area contributed by atoms with Gasteiger partial charge in [0.05, 0.1) is 5.75 Å². The van der Waals surface area contributed by atoms with Gasteiger partial charge in [0.25, 0.3) is 5.16 Å². The van der Waals surface area contributed by atoms with E-state index in [2.05, 4.69) is 10.1 Å². The lowest BCUT2D eigenvalue weighted by Gasteiger charge is -2.19. The van der Waals surface area contributed by atoms with Crippen LogP contribution in [-0.2, 0) is 14.6 Å². The predicted octanol–water partition coefficient (Wildman–Crippen LogP) is 1.57. The second-order valence-electron chi connectivity index (χ2n) is 5.06. The maximum Gasteiger partial charge on any atom is 0.346 e. The zero-order valence-corrected chi connectivity index (χ0v) is 14.9. The second-order valence-corrected chi connectivity index (χ2v) is 7.06. The number of ether oxygens (including phenoxy) is 1. The highest BCUT2D eigenvalue weighted by Gasteiger charge is 2.22. The first kappa shape index (κ1) is 19.6. The standard InChI is InChI=1S/C14H26N4O4S/c1-4-7-11-23(20,21)13-15-12-18(16-13)14(19)17(5-2)9-8-10-22-6-3/h12H,4-11H2,1-3H3. The van der Waals surface area contributed by atoms with Gasteiger partial charge in [-0.25, -0.2) is 18.2 Å². The van der Waals surface area contributed by atoms with Crippen molar-refractivity contribution >= 4 is 15.9 Å². The lowest BCUT2D eigenvalue weighted by atomic mass is 10.4. The van der Waals surface area contributed by atoms with E-state index in [1.165, 1.54) is 0 Å². The van der Waals surface area contributed by atoms with Crippen molar-refractivity contribution in [1.29, 1.82) is 0 Å². The molecule has 0 saturated carbocycles. The van der Waals surface area contributed by atoms with Crippen LogP contribution in [0, 0.1) is 0 Å². The van der Waals surface area contributed by atoms with E-state index in [1.54, 1.807) is 4.90 Å². The summed E-state index contributed by atoms with van der Waals surface area (Å²) in [4.78, 5) is 17.7. The number of hydrogen-bond donors (Lipinski definition) is 0. The maximum atomic E-state index is 12.3. The molecule has 1 amide bonds. The molecular formula is C14H26N4O4S. The summed E-state index contributed by atoms with van der Waals surface area (Å²) in [7, 11) is -3.53. The molecule has 0 aliphatic rings. The number of unbranched alkanes of at least 4 members (excludes halogenated alkanes) is 1. The van der Waals surface area contributed by atoms with E-state index >= 15 is 0 Å². The van der Waals surface area contributed by atoms with Crippen LogP contribution in [0.1, 0.15) is 40.0 Å². The third kappa shape index (κ3) is 5.91. The number of rotatable bonds is 10. The van der Waals surface area contributed by atoms with Crippen molar-refractivity contribution in [2.24, 2.45) is 0 Å². The summed E-state index contributed by atoms with van der Waals surface area (Å²) < 4.78 is 30.3. The molecule has 1 heterocycles. The first-order valence-corrected chi connectivity index (χ1v) is 9.62. The highest BCUT2D eigenvalue weighted by atomic mass is 32.2. The summed E-state index contributed by atoms with van der Waals surface area (Å²) in [6.45, 7) is 7.92. The average molecular weight is 346 g/mol. The number of carbonyl (C=O) groups is 1. The summed E-state index contributed by atoms with van der Waals surface area (Å²) in [5.74, 6) is -0.00640. The molecule has 0 bridgehead atoms. The Morgan fingerprint density at radius 1 is 1.30 bits per heavy atom. The molecule has 0 aromatic carbocycles. The zero-order chi connectivity index (χ0) is 17.3. The van der Waals surface area contributed by atoms with Crippen molar-refractivity contribution in [3.63, 3.8) is 0 Å². The predicted molar refractivity (Wildman–Crippen MR) is 86.1 cm³/mol. The van der Waals surface area contributed by atoms with E-state index in [4.69, 9.17) is 4.74 Å². The maximum absolute atomic E-state index is 12.3. The van der Waals surface area contributed by atoms with E-state index in [0.717, 1.165) is 17.4 Å². The molecule has 0 spiro atoms. The van der Waals surface area contributed by atoms with E-state index in [0.29, 0.717) is 39.1 Å². The Bertz CT molecular complexity index is 585. The fraction of sp³-hybridized carbons (Fsp3) is 0.786. The largest absolute Gasteiger partial charge is 0.382 e. The summed E-state index contributed by atoms with van der Waals surface area (Å²) in [6, 6.07) is -0.381. The third-order valence-electron chi connectivity index (χ3n) is 3.28. The van der Waals surface area contributed by atoms with Gasteiger partial charge in [0.1, 0.15) is 6.33 Å². The van der Waals surface area contributed by atoms with Crippen molar-refractivity contribution in [2.45, 2.75) is 45.2 Å². The molecule has 132 valence electrons. The van der Waals surface area contributed by atoms with E-state index in [9.17, 15) is 13.2 Å². The third-order valence-corrected chi connectivity index (χ3v) is 4.85. The van der Waals surface area contributed by atoms with Crippen molar-refractivity contribution in [2.75, 3.05) is 32.1 Å². The molecule has 0 saturated heterocycles. The molecule has 0 fully saturated rings. The van der Waals surface area contributed by atoms with Crippen LogP contribution in [0.3, 0.4) is 0 Å². The Hall–Kier alpha value is -1.48. The molecule has 0 aliphatic carbocycles. The molecule has 9 heteroatoms. The quantitative estimate of drug-likeness (QED) is 0.597. The Balaban J connectivity index is 2.72. The van der Waals surface area contributed by atoms with Gasteiger partial charge in [0, 0.05) is 26.3 Å². The molecule has 1 rings (SSSR count). The van der Waals surface area contributed by atoms with Crippen LogP contribution in [-0.4, -0.2) is 66.2 Å². The van der Waals surface area contributed by atoms with Gasteiger partial charge in [-0.1, -0.05) is 13.3 Å². The number of nitrogens with zero attached hydrogens (tertiary/aromatic N) is 4. The monoisotopic (exact) mass is 346 g/mol. The summed E-state index contributed by atoms with van der Waals surface area (Å²) >= 11 is 0. The molecule has 0 unspecified atom stereocenters. The van der Waals surface area contributed by atoms with Crippen LogP contribution >= 0.6 is 0 Å².